The summed E-state index contributed by atoms with van der Waals surface area (Å²) in [5.41, 5.74) is 7.56. The molecule has 1 heterocycles. The SMILES string of the molecule is Cc1ccc(C(=O)N2CCC(NC(=O)CNC(=O)[C@@H](N)C(C)C)CC2)cc1.Cl. The number of piperidine rings is 1. The van der Waals surface area contributed by atoms with E-state index in [1.807, 2.05) is 49.9 Å². The summed E-state index contributed by atoms with van der Waals surface area (Å²) in [4.78, 5) is 38.2. The smallest absolute Gasteiger partial charge is 0.253 e. The maximum atomic E-state index is 12.5. The van der Waals surface area contributed by atoms with E-state index in [1.165, 1.54) is 0 Å². The lowest BCUT2D eigenvalue weighted by molar-refractivity contribution is -0.127. The highest BCUT2D eigenvalue weighted by Crippen LogP contribution is 2.14. The highest BCUT2D eigenvalue weighted by Gasteiger charge is 2.25. The zero-order valence-electron chi connectivity index (χ0n) is 16.7. The molecular weight excluding hydrogens is 380 g/mol. The summed E-state index contributed by atoms with van der Waals surface area (Å²) >= 11 is 0. The molecule has 1 fully saturated rings. The van der Waals surface area contributed by atoms with Crippen LogP contribution in [0.4, 0.5) is 0 Å². The number of carbonyl (C=O) groups is 3. The maximum Gasteiger partial charge on any atom is 0.253 e. The van der Waals surface area contributed by atoms with Crippen LogP contribution in [0, 0.1) is 12.8 Å². The fraction of sp³-hybridized carbons (Fsp3) is 0.550. The Kier molecular flexibility index (Phi) is 9.41. The van der Waals surface area contributed by atoms with Crippen LogP contribution in [-0.2, 0) is 9.59 Å². The number of nitrogens with zero attached hydrogens (tertiary/aromatic N) is 1. The Morgan fingerprint density at radius 3 is 2.25 bits per heavy atom. The number of benzene rings is 1. The fourth-order valence-electron chi connectivity index (χ4n) is 2.97. The van der Waals surface area contributed by atoms with Crippen molar-refractivity contribution < 1.29 is 14.4 Å². The first-order valence-electron chi connectivity index (χ1n) is 9.46. The first-order valence-corrected chi connectivity index (χ1v) is 9.46. The lowest BCUT2D eigenvalue weighted by atomic mass is 10.0. The number of rotatable bonds is 6. The quantitative estimate of drug-likeness (QED) is 0.656. The van der Waals surface area contributed by atoms with E-state index in [0.717, 1.165) is 5.56 Å². The lowest BCUT2D eigenvalue weighted by Crippen LogP contribution is -2.50. The molecule has 28 heavy (non-hydrogen) atoms. The summed E-state index contributed by atoms with van der Waals surface area (Å²) in [6.45, 7) is 6.82. The van der Waals surface area contributed by atoms with Crippen LogP contribution in [0.3, 0.4) is 0 Å². The van der Waals surface area contributed by atoms with E-state index >= 15 is 0 Å². The van der Waals surface area contributed by atoms with Crippen molar-refractivity contribution in [3.05, 3.63) is 35.4 Å². The molecule has 0 unspecified atom stereocenters. The first kappa shape index (κ1) is 23.9. The van der Waals surface area contributed by atoms with Crippen molar-refractivity contribution in [1.29, 1.82) is 0 Å². The minimum absolute atomic E-state index is 0. The minimum atomic E-state index is -0.617. The van der Waals surface area contributed by atoms with E-state index in [1.54, 1.807) is 0 Å². The van der Waals surface area contributed by atoms with Crippen LogP contribution in [-0.4, -0.2) is 54.3 Å². The van der Waals surface area contributed by atoms with E-state index in [4.69, 9.17) is 5.73 Å². The molecular formula is C20H31ClN4O3. The topological polar surface area (TPSA) is 105 Å². The summed E-state index contributed by atoms with van der Waals surface area (Å²) in [6, 6.07) is 6.94. The van der Waals surface area contributed by atoms with Crippen LogP contribution in [0.2, 0.25) is 0 Å². The molecule has 1 saturated heterocycles. The monoisotopic (exact) mass is 410 g/mol. The first-order chi connectivity index (χ1) is 12.8. The minimum Gasteiger partial charge on any atom is -0.352 e. The van der Waals surface area contributed by atoms with Crippen molar-refractivity contribution in [2.75, 3.05) is 19.6 Å². The molecule has 8 heteroatoms. The van der Waals surface area contributed by atoms with Crippen LogP contribution in [0.1, 0.15) is 42.6 Å². The van der Waals surface area contributed by atoms with Gasteiger partial charge in [0.1, 0.15) is 0 Å². The third kappa shape index (κ3) is 6.80. The van der Waals surface area contributed by atoms with Gasteiger partial charge in [0.15, 0.2) is 0 Å². The molecule has 0 aliphatic carbocycles. The number of hydrogen-bond acceptors (Lipinski definition) is 4. The van der Waals surface area contributed by atoms with Gasteiger partial charge in [0.2, 0.25) is 11.8 Å². The highest BCUT2D eigenvalue weighted by atomic mass is 35.5. The molecule has 4 N–H and O–H groups in total. The molecule has 1 aromatic rings. The average Bonchev–Trinajstić information content (AvgIpc) is 2.66. The molecule has 1 aliphatic rings. The maximum absolute atomic E-state index is 12.5. The summed E-state index contributed by atoms with van der Waals surface area (Å²) in [5.74, 6) is -0.514. The number of likely N-dealkylation sites (tertiary alicyclic amines) is 1. The second-order valence-corrected chi connectivity index (χ2v) is 7.49. The molecule has 1 atom stereocenters. The molecule has 1 aliphatic heterocycles. The van der Waals surface area contributed by atoms with Crippen molar-refractivity contribution in [3.8, 4) is 0 Å². The van der Waals surface area contributed by atoms with Crippen LogP contribution in [0.15, 0.2) is 24.3 Å². The van der Waals surface area contributed by atoms with Gasteiger partial charge in [0.25, 0.3) is 5.91 Å². The molecule has 0 saturated carbocycles. The van der Waals surface area contributed by atoms with Gasteiger partial charge in [-0.1, -0.05) is 31.5 Å². The van der Waals surface area contributed by atoms with E-state index in [9.17, 15) is 14.4 Å². The number of amides is 3. The summed E-state index contributed by atoms with van der Waals surface area (Å²) < 4.78 is 0. The second-order valence-electron chi connectivity index (χ2n) is 7.49. The van der Waals surface area contributed by atoms with Crippen LogP contribution >= 0.6 is 12.4 Å². The number of nitrogens with two attached hydrogens (primary N) is 1. The zero-order valence-corrected chi connectivity index (χ0v) is 17.6. The second kappa shape index (κ2) is 11.0. The van der Waals surface area contributed by atoms with Gasteiger partial charge in [0.05, 0.1) is 12.6 Å². The number of hydrogen-bond donors (Lipinski definition) is 3. The Labute approximate surface area is 172 Å². The summed E-state index contributed by atoms with van der Waals surface area (Å²) in [6.07, 6.45) is 1.39. The molecule has 0 radical (unpaired) electrons. The van der Waals surface area contributed by atoms with Gasteiger partial charge in [-0.05, 0) is 37.8 Å². The number of halogens is 1. The van der Waals surface area contributed by atoms with E-state index in [0.29, 0.717) is 31.5 Å². The highest BCUT2D eigenvalue weighted by molar-refractivity contribution is 5.94. The van der Waals surface area contributed by atoms with Crippen LogP contribution < -0.4 is 16.4 Å². The molecule has 7 nitrogen and oxygen atoms in total. The summed E-state index contributed by atoms with van der Waals surface area (Å²) in [5, 5.41) is 5.48. The molecule has 3 amide bonds. The molecule has 1 aromatic carbocycles. The van der Waals surface area contributed by atoms with Gasteiger partial charge in [-0.25, -0.2) is 0 Å². The van der Waals surface area contributed by atoms with Crippen molar-refractivity contribution in [2.24, 2.45) is 11.7 Å². The number of nitrogens with one attached hydrogen (secondary N) is 2. The predicted octanol–water partition coefficient (Wildman–Crippen LogP) is 1.24. The number of carbonyl (C=O) groups excluding carboxylic acids is 3. The van der Waals surface area contributed by atoms with Gasteiger partial charge in [-0.2, -0.15) is 0 Å². The molecule has 156 valence electrons. The normalized spacial score (nSPS) is 15.5. The molecule has 0 spiro atoms. The standard InChI is InChI=1S/C20H30N4O3.ClH/c1-13(2)18(21)19(26)22-12-17(25)23-16-8-10-24(11-9-16)20(27)15-6-4-14(3)5-7-15;/h4-7,13,16,18H,8-12,21H2,1-3H3,(H,22,26)(H,23,25);1H/t18-;/m0./s1. The number of aryl methyl sites for hydroxylation is 1. The van der Waals surface area contributed by atoms with Gasteiger partial charge >= 0.3 is 0 Å². The Morgan fingerprint density at radius 2 is 1.71 bits per heavy atom. The van der Waals surface area contributed by atoms with Crippen molar-refractivity contribution >= 4 is 30.1 Å². The largest absolute Gasteiger partial charge is 0.352 e. The predicted molar refractivity (Wildman–Crippen MR) is 111 cm³/mol. The average molecular weight is 411 g/mol. The molecule has 0 aromatic heterocycles. The van der Waals surface area contributed by atoms with Gasteiger partial charge in [0, 0.05) is 24.7 Å². The fourth-order valence-corrected chi connectivity index (χ4v) is 2.97. The third-order valence-corrected chi connectivity index (χ3v) is 4.89. The van der Waals surface area contributed by atoms with Crippen molar-refractivity contribution in [2.45, 2.75) is 45.7 Å². The molecule has 0 bridgehead atoms. The summed E-state index contributed by atoms with van der Waals surface area (Å²) in [7, 11) is 0. The van der Waals surface area contributed by atoms with Gasteiger partial charge in [-0.3, -0.25) is 14.4 Å². The Bertz CT molecular complexity index is 671. The van der Waals surface area contributed by atoms with Crippen LogP contribution in [0.5, 0.6) is 0 Å². The zero-order chi connectivity index (χ0) is 20.0. The van der Waals surface area contributed by atoms with Crippen molar-refractivity contribution in [1.82, 2.24) is 15.5 Å². The Balaban J connectivity index is 0.00000392. The van der Waals surface area contributed by atoms with Crippen LogP contribution in [0.25, 0.3) is 0 Å². The van der Waals surface area contributed by atoms with E-state index < -0.39 is 6.04 Å². The van der Waals surface area contributed by atoms with E-state index in [2.05, 4.69) is 10.6 Å². The van der Waals surface area contributed by atoms with Gasteiger partial charge in [-0.15, -0.1) is 12.4 Å². The van der Waals surface area contributed by atoms with Gasteiger partial charge < -0.3 is 21.3 Å². The Hall–Kier alpha value is -2.12. The molecule has 2 rings (SSSR count). The lowest BCUT2D eigenvalue weighted by Gasteiger charge is -2.32. The van der Waals surface area contributed by atoms with E-state index in [-0.39, 0.29) is 48.6 Å². The Morgan fingerprint density at radius 1 is 1.14 bits per heavy atom. The third-order valence-electron chi connectivity index (χ3n) is 4.89. The van der Waals surface area contributed by atoms with Crippen molar-refractivity contribution in [3.63, 3.8) is 0 Å².